The van der Waals surface area contributed by atoms with Crippen molar-refractivity contribution >= 4 is 29.6 Å². The summed E-state index contributed by atoms with van der Waals surface area (Å²) in [5.41, 5.74) is 3.72. The lowest BCUT2D eigenvalue weighted by molar-refractivity contribution is -0.122. The average Bonchev–Trinajstić information content (AvgIpc) is 2.86. The van der Waals surface area contributed by atoms with Crippen LogP contribution in [0.2, 0.25) is 0 Å². The van der Waals surface area contributed by atoms with Crippen LogP contribution >= 0.6 is 0 Å². The second-order valence-corrected chi connectivity index (χ2v) is 8.12. The minimum Gasteiger partial charge on any atom is -0.497 e. The van der Waals surface area contributed by atoms with Gasteiger partial charge in [0.1, 0.15) is 23.7 Å². The van der Waals surface area contributed by atoms with E-state index < -0.39 is 17.8 Å². The minimum atomic E-state index is -0.774. The third kappa shape index (κ3) is 5.09. The molecule has 3 aromatic rings. The molecule has 1 aliphatic rings. The average molecular weight is 471 g/mol. The first-order chi connectivity index (χ1) is 16.9. The van der Waals surface area contributed by atoms with Crippen LogP contribution < -0.4 is 19.7 Å². The Morgan fingerprint density at radius 3 is 2.43 bits per heavy atom. The summed E-state index contributed by atoms with van der Waals surface area (Å²) in [6.45, 7) is 4.23. The van der Waals surface area contributed by atoms with E-state index in [9.17, 15) is 14.4 Å². The highest BCUT2D eigenvalue weighted by atomic mass is 16.5. The SMILES string of the molecule is CCc1ccccc1N1C(=O)NC(=O)/C(=C/c2ccc(OC)cc2OCc2ccc(C)cc2)C1=O. The van der Waals surface area contributed by atoms with Gasteiger partial charge in [-0.3, -0.25) is 14.9 Å². The van der Waals surface area contributed by atoms with Crippen molar-refractivity contribution in [2.75, 3.05) is 12.0 Å². The largest absolute Gasteiger partial charge is 0.497 e. The van der Waals surface area contributed by atoms with Crippen molar-refractivity contribution in [3.8, 4) is 11.5 Å². The monoisotopic (exact) mass is 470 g/mol. The second-order valence-electron chi connectivity index (χ2n) is 8.12. The maximum Gasteiger partial charge on any atom is 0.335 e. The number of urea groups is 1. The van der Waals surface area contributed by atoms with E-state index >= 15 is 0 Å². The molecule has 178 valence electrons. The molecule has 35 heavy (non-hydrogen) atoms. The van der Waals surface area contributed by atoms with Crippen LogP contribution in [0.15, 0.2) is 72.3 Å². The standard InChI is InChI=1S/C28H26N2O5/c1-4-20-7-5-6-8-24(20)30-27(32)23(26(31)29-28(30)33)15-21-13-14-22(34-3)16-25(21)35-17-19-11-9-18(2)10-12-19/h5-16H,4,17H2,1-3H3,(H,29,31,33)/b23-15-. The zero-order valence-electron chi connectivity index (χ0n) is 19.8. The molecule has 0 bridgehead atoms. The van der Waals surface area contributed by atoms with Gasteiger partial charge in [0, 0.05) is 11.6 Å². The Morgan fingerprint density at radius 1 is 0.971 bits per heavy atom. The molecule has 4 rings (SSSR count). The van der Waals surface area contributed by atoms with E-state index in [0.717, 1.165) is 21.6 Å². The van der Waals surface area contributed by atoms with E-state index in [1.807, 2.05) is 50.2 Å². The van der Waals surface area contributed by atoms with Crippen molar-refractivity contribution in [2.24, 2.45) is 0 Å². The molecule has 7 heteroatoms. The Kier molecular flexibility index (Phi) is 6.96. The molecule has 0 saturated carbocycles. The maximum absolute atomic E-state index is 13.4. The van der Waals surface area contributed by atoms with E-state index in [1.54, 1.807) is 37.4 Å². The predicted molar refractivity (Wildman–Crippen MR) is 133 cm³/mol. The number of amides is 4. The van der Waals surface area contributed by atoms with Crippen LogP contribution in [-0.2, 0) is 22.6 Å². The van der Waals surface area contributed by atoms with E-state index in [0.29, 0.717) is 29.2 Å². The number of nitrogens with zero attached hydrogens (tertiary/aromatic N) is 1. The van der Waals surface area contributed by atoms with Gasteiger partial charge in [0.15, 0.2) is 0 Å². The molecule has 1 N–H and O–H groups in total. The number of barbiturate groups is 1. The van der Waals surface area contributed by atoms with Gasteiger partial charge in [-0.15, -0.1) is 0 Å². The Bertz CT molecular complexity index is 1310. The number of imide groups is 2. The topological polar surface area (TPSA) is 84.9 Å². The molecule has 0 radical (unpaired) electrons. The van der Waals surface area contributed by atoms with Crippen molar-refractivity contribution in [3.05, 3.63) is 94.6 Å². The van der Waals surface area contributed by atoms with Crippen LogP contribution in [0.4, 0.5) is 10.5 Å². The zero-order chi connectivity index (χ0) is 24.9. The van der Waals surface area contributed by atoms with Crippen molar-refractivity contribution in [2.45, 2.75) is 26.9 Å². The minimum absolute atomic E-state index is 0.166. The molecule has 4 amide bonds. The van der Waals surface area contributed by atoms with Gasteiger partial charge in [0.25, 0.3) is 11.8 Å². The number of para-hydroxylation sites is 1. The molecule has 0 atom stereocenters. The molecule has 1 aliphatic heterocycles. The summed E-state index contributed by atoms with van der Waals surface area (Å²) in [6.07, 6.45) is 2.06. The molecular weight excluding hydrogens is 444 g/mol. The number of benzene rings is 3. The number of methoxy groups -OCH3 is 1. The maximum atomic E-state index is 13.4. The van der Waals surface area contributed by atoms with Crippen molar-refractivity contribution in [1.29, 1.82) is 0 Å². The Balaban J connectivity index is 1.70. The highest BCUT2D eigenvalue weighted by Gasteiger charge is 2.37. The second kappa shape index (κ2) is 10.3. The van der Waals surface area contributed by atoms with E-state index in [4.69, 9.17) is 9.47 Å². The van der Waals surface area contributed by atoms with Gasteiger partial charge in [-0.1, -0.05) is 55.0 Å². The van der Waals surface area contributed by atoms with Gasteiger partial charge >= 0.3 is 6.03 Å². The van der Waals surface area contributed by atoms with Crippen LogP contribution in [0.3, 0.4) is 0 Å². The Labute approximate surface area is 204 Å². The molecule has 0 unspecified atom stereocenters. The van der Waals surface area contributed by atoms with Crippen LogP contribution in [0.25, 0.3) is 6.08 Å². The fraction of sp³-hybridized carbons (Fsp3) is 0.179. The van der Waals surface area contributed by atoms with Crippen LogP contribution in [0, 0.1) is 6.92 Å². The molecule has 0 aromatic heterocycles. The number of ether oxygens (including phenoxy) is 2. The van der Waals surface area contributed by atoms with E-state index in [-0.39, 0.29) is 12.2 Å². The number of aryl methyl sites for hydroxylation is 2. The molecule has 1 fully saturated rings. The summed E-state index contributed by atoms with van der Waals surface area (Å²) >= 11 is 0. The van der Waals surface area contributed by atoms with Gasteiger partial charge in [0.2, 0.25) is 0 Å². The van der Waals surface area contributed by atoms with Crippen molar-refractivity contribution < 1.29 is 23.9 Å². The lowest BCUT2D eigenvalue weighted by atomic mass is 10.0. The normalized spacial score (nSPS) is 14.8. The third-order valence-electron chi connectivity index (χ3n) is 5.75. The summed E-state index contributed by atoms with van der Waals surface area (Å²) in [7, 11) is 1.55. The number of carbonyl (C=O) groups is 3. The van der Waals surface area contributed by atoms with Crippen LogP contribution in [-0.4, -0.2) is 25.0 Å². The van der Waals surface area contributed by atoms with E-state index in [2.05, 4.69) is 5.32 Å². The summed E-state index contributed by atoms with van der Waals surface area (Å²) in [5.74, 6) is -0.444. The third-order valence-corrected chi connectivity index (χ3v) is 5.75. The first kappa shape index (κ1) is 23.8. The lowest BCUT2D eigenvalue weighted by Crippen LogP contribution is -2.54. The van der Waals surface area contributed by atoms with Gasteiger partial charge in [0.05, 0.1) is 12.8 Å². The van der Waals surface area contributed by atoms with Crippen molar-refractivity contribution in [1.82, 2.24) is 5.32 Å². The molecule has 0 aliphatic carbocycles. The van der Waals surface area contributed by atoms with Crippen LogP contribution in [0.1, 0.15) is 29.2 Å². The predicted octanol–water partition coefficient (Wildman–Crippen LogP) is 4.81. The number of hydrogen-bond acceptors (Lipinski definition) is 5. The fourth-order valence-corrected chi connectivity index (χ4v) is 3.79. The van der Waals surface area contributed by atoms with E-state index in [1.165, 1.54) is 6.08 Å². The fourth-order valence-electron chi connectivity index (χ4n) is 3.79. The Hall–Kier alpha value is -4.39. The lowest BCUT2D eigenvalue weighted by Gasteiger charge is -2.28. The molecular formula is C28H26N2O5. The summed E-state index contributed by atoms with van der Waals surface area (Å²) in [6, 6.07) is 19.4. The highest BCUT2D eigenvalue weighted by molar-refractivity contribution is 6.39. The smallest absolute Gasteiger partial charge is 0.335 e. The summed E-state index contributed by atoms with van der Waals surface area (Å²) < 4.78 is 11.4. The van der Waals surface area contributed by atoms with Gasteiger partial charge in [-0.05, 0) is 48.7 Å². The van der Waals surface area contributed by atoms with Gasteiger partial charge in [-0.25, -0.2) is 9.69 Å². The van der Waals surface area contributed by atoms with Crippen molar-refractivity contribution in [3.63, 3.8) is 0 Å². The quantitative estimate of drug-likeness (QED) is 0.396. The Morgan fingerprint density at radius 2 is 1.71 bits per heavy atom. The van der Waals surface area contributed by atoms with Gasteiger partial charge < -0.3 is 9.47 Å². The first-order valence-corrected chi connectivity index (χ1v) is 11.3. The summed E-state index contributed by atoms with van der Waals surface area (Å²) in [5, 5.41) is 2.28. The summed E-state index contributed by atoms with van der Waals surface area (Å²) in [4.78, 5) is 39.7. The molecule has 0 spiro atoms. The molecule has 3 aromatic carbocycles. The number of nitrogens with one attached hydrogen (secondary N) is 1. The zero-order valence-corrected chi connectivity index (χ0v) is 19.8. The first-order valence-electron chi connectivity index (χ1n) is 11.3. The number of hydrogen-bond donors (Lipinski definition) is 1. The highest BCUT2D eigenvalue weighted by Crippen LogP contribution is 2.30. The van der Waals surface area contributed by atoms with Gasteiger partial charge in [-0.2, -0.15) is 0 Å². The van der Waals surface area contributed by atoms with Crippen LogP contribution in [0.5, 0.6) is 11.5 Å². The molecule has 7 nitrogen and oxygen atoms in total. The molecule has 1 heterocycles. The number of carbonyl (C=O) groups excluding carboxylic acids is 3. The number of anilines is 1. The molecule has 1 saturated heterocycles. The number of rotatable bonds is 7.